The van der Waals surface area contributed by atoms with Gasteiger partial charge in [0.25, 0.3) is 5.56 Å². The van der Waals surface area contributed by atoms with Crippen molar-refractivity contribution in [1.29, 1.82) is 0 Å². The molecule has 0 bridgehead atoms. The van der Waals surface area contributed by atoms with Crippen LogP contribution >= 0.6 is 0 Å². The molecular weight excluding hydrogens is 180 g/mol. The third kappa shape index (κ3) is 1.21. The lowest BCUT2D eigenvalue weighted by atomic mass is 10.3. The van der Waals surface area contributed by atoms with E-state index in [0.29, 0.717) is 11.0 Å². The van der Waals surface area contributed by atoms with Crippen LogP contribution in [0.5, 0.6) is 0 Å². The van der Waals surface area contributed by atoms with Gasteiger partial charge in [0, 0.05) is 6.42 Å². The van der Waals surface area contributed by atoms with E-state index in [1.54, 1.807) is 0 Å². The van der Waals surface area contributed by atoms with Crippen molar-refractivity contribution in [2.24, 2.45) is 5.92 Å². The maximum atomic E-state index is 11.5. The number of hydrogen-bond acceptors (Lipinski definition) is 3. The van der Waals surface area contributed by atoms with Crippen LogP contribution < -0.4 is 5.56 Å². The Balaban J connectivity index is 2.11. The minimum absolute atomic E-state index is 0.0978. The summed E-state index contributed by atoms with van der Waals surface area (Å²) >= 11 is 0. The Kier molecular flexibility index (Phi) is 1.47. The molecule has 2 aromatic rings. The van der Waals surface area contributed by atoms with Gasteiger partial charge in [-0.2, -0.15) is 5.10 Å². The first-order valence-electron chi connectivity index (χ1n) is 4.75. The molecule has 3 rings (SSSR count). The van der Waals surface area contributed by atoms with E-state index >= 15 is 0 Å². The van der Waals surface area contributed by atoms with Gasteiger partial charge in [0.15, 0.2) is 5.65 Å². The van der Waals surface area contributed by atoms with Gasteiger partial charge < -0.3 is 4.98 Å². The molecule has 0 radical (unpaired) electrons. The number of nitrogens with one attached hydrogen (secondary N) is 2. The molecule has 1 saturated carbocycles. The van der Waals surface area contributed by atoms with Crippen molar-refractivity contribution >= 4 is 11.0 Å². The number of rotatable bonds is 2. The minimum Gasteiger partial charge on any atom is -0.310 e. The van der Waals surface area contributed by atoms with Gasteiger partial charge in [-0.1, -0.05) is 0 Å². The fourth-order valence-corrected chi connectivity index (χ4v) is 1.58. The Morgan fingerprint density at radius 3 is 3.14 bits per heavy atom. The van der Waals surface area contributed by atoms with Crippen LogP contribution in [0.3, 0.4) is 0 Å². The normalized spacial score (nSPS) is 16.3. The summed E-state index contributed by atoms with van der Waals surface area (Å²) in [7, 11) is 0. The van der Waals surface area contributed by atoms with Crippen LogP contribution in [0.1, 0.15) is 18.7 Å². The van der Waals surface area contributed by atoms with Crippen LogP contribution in [-0.2, 0) is 6.42 Å². The molecule has 0 amide bonds. The van der Waals surface area contributed by atoms with Gasteiger partial charge in [-0.3, -0.25) is 9.89 Å². The molecule has 0 aromatic carbocycles. The topological polar surface area (TPSA) is 74.4 Å². The molecule has 0 saturated heterocycles. The van der Waals surface area contributed by atoms with Crippen LogP contribution in [0.4, 0.5) is 0 Å². The quantitative estimate of drug-likeness (QED) is 0.728. The Morgan fingerprint density at radius 1 is 1.50 bits per heavy atom. The van der Waals surface area contributed by atoms with Crippen LogP contribution in [0.2, 0.25) is 0 Å². The monoisotopic (exact) mass is 190 g/mol. The second-order valence-electron chi connectivity index (χ2n) is 3.79. The highest BCUT2D eigenvalue weighted by molar-refractivity contribution is 5.71. The third-order valence-corrected chi connectivity index (χ3v) is 2.55. The summed E-state index contributed by atoms with van der Waals surface area (Å²) in [6.45, 7) is 0. The molecule has 1 aliphatic rings. The van der Waals surface area contributed by atoms with Crippen molar-refractivity contribution in [3.8, 4) is 0 Å². The third-order valence-electron chi connectivity index (χ3n) is 2.55. The van der Waals surface area contributed by atoms with Gasteiger partial charge >= 0.3 is 0 Å². The van der Waals surface area contributed by atoms with Crippen LogP contribution in [0.25, 0.3) is 11.0 Å². The molecule has 1 fully saturated rings. The summed E-state index contributed by atoms with van der Waals surface area (Å²) in [5.74, 6) is 1.49. The van der Waals surface area contributed by atoms with Gasteiger partial charge in [-0.15, -0.1) is 0 Å². The molecule has 5 heteroatoms. The van der Waals surface area contributed by atoms with E-state index < -0.39 is 0 Å². The number of aromatic nitrogens is 4. The smallest absolute Gasteiger partial charge is 0.262 e. The van der Waals surface area contributed by atoms with Crippen LogP contribution in [-0.4, -0.2) is 20.2 Å². The minimum atomic E-state index is -0.0978. The molecule has 0 unspecified atom stereocenters. The number of H-pyrrole nitrogens is 2. The van der Waals surface area contributed by atoms with E-state index in [1.165, 1.54) is 19.0 Å². The summed E-state index contributed by atoms with van der Waals surface area (Å²) in [6, 6.07) is 0. The highest BCUT2D eigenvalue weighted by atomic mass is 16.1. The average molecular weight is 190 g/mol. The van der Waals surface area contributed by atoms with Gasteiger partial charge in [-0.05, 0) is 18.8 Å². The lowest BCUT2D eigenvalue weighted by molar-refractivity contribution is 0.770. The predicted molar refractivity (Wildman–Crippen MR) is 50.9 cm³/mol. The SMILES string of the molecule is O=c1[nH]c(CC2CC2)nc2[nH]ncc12. The van der Waals surface area contributed by atoms with E-state index in [9.17, 15) is 4.79 Å². The highest BCUT2D eigenvalue weighted by Crippen LogP contribution is 2.31. The number of hydrogen-bond donors (Lipinski definition) is 2. The van der Waals surface area contributed by atoms with E-state index in [4.69, 9.17) is 0 Å². The number of aromatic amines is 2. The Labute approximate surface area is 79.6 Å². The largest absolute Gasteiger partial charge is 0.310 e. The van der Waals surface area contributed by atoms with E-state index in [2.05, 4.69) is 20.2 Å². The van der Waals surface area contributed by atoms with Gasteiger partial charge in [0.05, 0.1) is 6.20 Å². The molecule has 5 nitrogen and oxygen atoms in total. The summed E-state index contributed by atoms with van der Waals surface area (Å²) < 4.78 is 0. The van der Waals surface area contributed by atoms with E-state index in [-0.39, 0.29) is 5.56 Å². The molecule has 1 aliphatic carbocycles. The van der Waals surface area contributed by atoms with Gasteiger partial charge in [0.2, 0.25) is 0 Å². The first-order valence-corrected chi connectivity index (χ1v) is 4.75. The second-order valence-corrected chi connectivity index (χ2v) is 3.79. The summed E-state index contributed by atoms with van der Waals surface area (Å²) in [6.07, 6.45) is 4.89. The van der Waals surface area contributed by atoms with Crippen molar-refractivity contribution < 1.29 is 0 Å². The summed E-state index contributed by atoms with van der Waals surface area (Å²) in [5, 5.41) is 7.04. The van der Waals surface area contributed by atoms with Gasteiger partial charge in [-0.25, -0.2) is 4.98 Å². The molecule has 2 N–H and O–H groups in total. The predicted octanol–water partition coefficient (Wildman–Crippen LogP) is 0.599. The zero-order valence-electron chi connectivity index (χ0n) is 7.58. The fourth-order valence-electron chi connectivity index (χ4n) is 1.58. The van der Waals surface area contributed by atoms with E-state index in [1.807, 2.05) is 0 Å². The molecule has 72 valence electrons. The van der Waals surface area contributed by atoms with Crippen LogP contribution in [0, 0.1) is 5.92 Å². The molecule has 0 aliphatic heterocycles. The highest BCUT2D eigenvalue weighted by Gasteiger charge is 2.22. The molecule has 0 atom stereocenters. The summed E-state index contributed by atoms with van der Waals surface area (Å²) in [5.41, 5.74) is 0.490. The molecule has 14 heavy (non-hydrogen) atoms. The summed E-state index contributed by atoms with van der Waals surface area (Å²) in [4.78, 5) is 18.6. The first-order chi connectivity index (χ1) is 6.83. The Bertz CT molecular complexity index is 523. The molecule has 2 aromatic heterocycles. The van der Waals surface area contributed by atoms with Crippen molar-refractivity contribution in [3.63, 3.8) is 0 Å². The maximum Gasteiger partial charge on any atom is 0.262 e. The zero-order valence-corrected chi connectivity index (χ0v) is 7.58. The molecular formula is C9H10N4O. The molecule has 0 spiro atoms. The maximum absolute atomic E-state index is 11.5. The second kappa shape index (κ2) is 2.67. The van der Waals surface area contributed by atoms with Crippen molar-refractivity contribution in [1.82, 2.24) is 20.2 Å². The Hall–Kier alpha value is -1.65. The van der Waals surface area contributed by atoms with E-state index in [0.717, 1.165) is 18.2 Å². The van der Waals surface area contributed by atoms with Crippen LogP contribution in [0.15, 0.2) is 11.0 Å². The number of nitrogens with zero attached hydrogens (tertiary/aromatic N) is 2. The lowest BCUT2D eigenvalue weighted by Crippen LogP contribution is -2.11. The lowest BCUT2D eigenvalue weighted by Gasteiger charge is -1.97. The van der Waals surface area contributed by atoms with Crippen molar-refractivity contribution in [3.05, 3.63) is 22.4 Å². The van der Waals surface area contributed by atoms with Crippen molar-refractivity contribution in [2.45, 2.75) is 19.3 Å². The molecule has 2 heterocycles. The standard InChI is InChI=1S/C9H10N4O/c14-9-6-4-10-13-8(6)11-7(12-9)3-5-1-2-5/h4-5H,1-3H2,(H2,10,11,12,13,14). The Morgan fingerprint density at radius 2 is 2.36 bits per heavy atom. The van der Waals surface area contributed by atoms with Gasteiger partial charge in [0.1, 0.15) is 11.2 Å². The zero-order chi connectivity index (χ0) is 9.54. The fraction of sp³-hybridized carbons (Fsp3) is 0.444. The first kappa shape index (κ1) is 7.73. The van der Waals surface area contributed by atoms with Crippen molar-refractivity contribution in [2.75, 3.05) is 0 Å². The number of fused-ring (bicyclic) bond motifs is 1. The average Bonchev–Trinajstić information content (AvgIpc) is 2.82.